The maximum Gasteiger partial charge on any atom is 0.251 e. The molecule has 3 aliphatic rings. The predicted molar refractivity (Wildman–Crippen MR) is 133 cm³/mol. The Morgan fingerprint density at radius 3 is 2.78 bits per heavy atom. The van der Waals surface area contributed by atoms with Gasteiger partial charge in [-0.1, -0.05) is 0 Å². The first-order chi connectivity index (χ1) is 17.5. The van der Waals surface area contributed by atoms with Crippen LogP contribution >= 0.6 is 0 Å². The van der Waals surface area contributed by atoms with E-state index in [-0.39, 0.29) is 24.1 Å². The Kier molecular flexibility index (Phi) is 9.13. The van der Waals surface area contributed by atoms with Crippen molar-refractivity contribution in [3.63, 3.8) is 0 Å². The van der Waals surface area contributed by atoms with Crippen LogP contribution in [-0.4, -0.2) is 63.2 Å². The maximum atomic E-state index is 14.3. The molecule has 0 aliphatic carbocycles. The summed E-state index contributed by atoms with van der Waals surface area (Å²) in [5.41, 5.74) is 1.04. The normalized spacial score (nSPS) is 20.3. The molecule has 9 heteroatoms. The second kappa shape index (κ2) is 12.7. The number of fused-ring (bicyclic) bond motifs is 13. The summed E-state index contributed by atoms with van der Waals surface area (Å²) in [6, 6.07) is 9.20. The van der Waals surface area contributed by atoms with E-state index in [1.54, 1.807) is 24.3 Å². The van der Waals surface area contributed by atoms with Gasteiger partial charge in [0.05, 0.1) is 13.7 Å². The van der Waals surface area contributed by atoms with Crippen LogP contribution in [0.3, 0.4) is 0 Å². The smallest absolute Gasteiger partial charge is 0.251 e. The van der Waals surface area contributed by atoms with Crippen LogP contribution in [0.2, 0.25) is 0 Å². The molecule has 2 aromatic rings. The Morgan fingerprint density at radius 1 is 1.11 bits per heavy atom. The highest BCUT2D eigenvalue weighted by Gasteiger charge is 2.20. The number of methoxy groups -OCH3 is 1. The van der Waals surface area contributed by atoms with Gasteiger partial charge in [0.1, 0.15) is 11.6 Å². The fraction of sp³-hybridized carbons (Fsp3) is 0.481. The van der Waals surface area contributed by atoms with Gasteiger partial charge < -0.3 is 29.7 Å². The molecule has 2 amide bonds. The summed E-state index contributed by atoms with van der Waals surface area (Å²) in [6.45, 7) is 4.82. The average molecular weight is 500 g/mol. The number of carbonyl (C=O) groups excluding carboxylic acids is 2. The number of carbonyl (C=O) groups is 2. The minimum atomic E-state index is -0.472. The highest BCUT2D eigenvalue weighted by molar-refractivity contribution is 5.94. The van der Waals surface area contributed by atoms with E-state index >= 15 is 0 Å². The van der Waals surface area contributed by atoms with Crippen molar-refractivity contribution in [1.82, 2.24) is 15.5 Å². The lowest BCUT2D eigenvalue weighted by atomic mass is 10.1. The van der Waals surface area contributed by atoms with E-state index in [9.17, 15) is 14.0 Å². The number of benzene rings is 2. The van der Waals surface area contributed by atoms with E-state index in [1.807, 2.05) is 0 Å². The Labute approximate surface area is 211 Å². The molecule has 1 saturated heterocycles. The fourth-order valence-corrected chi connectivity index (χ4v) is 4.55. The number of ether oxygens (including phenoxy) is 3. The zero-order chi connectivity index (χ0) is 25.3. The minimum Gasteiger partial charge on any atom is -0.493 e. The van der Waals surface area contributed by atoms with Gasteiger partial charge in [0.25, 0.3) is 5.91 Å². The van der Waals surface area contributed by atoms with Gasteiger partial charge in [-0.05, 0) is 74.2 Å². The standard InChI is InChI=1S/C27H34FN3O5/c1-34-25-14-21-5-6-24(25)36-23-13-20(12-22(28)15-23)16-30-26(32)4-2-9-31(10-3-8-29-27(21)33)17-19-7-11-35-18-19/h5-6,12-15,19H,2-4,7-11,16-18H2,1H3,(H,29,33)(H,30,32). The summed E-state index contributed by atoms with van der Waals surface area (Å²) in [5, 5.41) is 5.85. The largest absolute Gasteiger partial charge is 0.493 e. The van der Waals surface area contributed by atoms with Gasteiger partial charge in [-0.15, -0.1) is 0 Å². The van der Waals surface area contributed by atoms with Crippen LogP contribution in [0, 0.1) is 11.7 Å². The van der Waals surface area contributed by atoms with Crippen molar-refractivity contribution < 1.29 is 28.2 Å². The van der Waals surface area contributed by atoms with E-state index < -0.39 is 5.82 Å². The van der Waals surface area contributed by atoms with Gasteiger partial charge in [0, 0.05) is 44.3 Å². The zero-order valence-electron chi connectivity index (χ0n) is 20.7. The van der Waals surface area contributed by atoms with E-state index in [1.165, 1.54) is 19.2 Å². The molecule has 0 spiro atoms. The van der Waals surface area contributed by atoms with Crippen molar-refractivity contribution >= 4 is 11.8 Å². The topological polar surface area (TPSA) is 89.1 Å². The molecule has 1 unspecified atom stereocenters. The molecule has 3 aliphatic heterocycles. The van der Waals surface area contributed by atoms with Crippen molar-refractivity contribution in [3.05, 3.63) is 53.3 Å². The SMILES string of the molecule is COc1cc2ccc1Oc1cc(F)cc(c1)CNC(=O)CCCN(CC1CCOC1)CCCNC2=O. The highest BCUT2D eigenvalue weighted by atomic mass is 19.1. The summed E-state index contributed by atoms with van der Waals surface area (Å²) >= 11 is 0. The maximum absolute atomic E-state index is 14.3. The Morgan fingerprint density at radius 2 is 1.97 bits per heavy atom. The van der Waals surface area contributed by atoms with Crippen molar-refractivity contribution in [2.75, 3.05) is 46.5 Å². The van der Waals surface area contributed by atoms with Crippen molar-refractivity contribution in [2.45, 2.75) is 32.2 Å². The summed E-state index contributed by atoms with van der Waals surface area (Å²) in [4.78, 5) is 27.5. The Bertz CT molecular complexity index is 1060. The molecule has 194 valence electrons. The number of hydrogen-bond acceptors (Lipinski definition) is 6. The van der Waals surface area contributed by atoms with Crippen molar-refractivity contribution in [3.8, 4) is 17.2 Å². The first-order valence-electron chi connectivity index (χ1n) is 12.5. The van der Waals surface area contributed by atoms with Crippen LogP contribution in [0.15, 0.2) is 36.4 Å². The molecule has 0 saturated carbocycles. The van der Waals surface area contributed by atoms with Crippen LogP contribution in [0.25, 0.3) is 0 Å². The zero-order valence-corrected chi connectivity index (χ0v) is 20.7. The number of amides is 2. The molecule has 0 aromatic heterocycles. The molecule has 3 heterocycles. The van der Waals surface area contributed by atoms with E-state index in [2.05, 4.69) is 15.5 Å². The highest BCUT2D eigenvalue weighted by Crippen LogP contribution is 2.33. The van der Waals surface area contributed by atoms with E-state index in [0.29, 0.717) is 41.5 Å². The third kappa shape index (κ3) is 7.41. The van der Waals surface area contributed by atoms with Crippen LogP contribution in [0.5, 0.6) is 17.2 Å². The van der Waals surface area contributed by atoms with Gasteiger partial charge in [0.2, 0.25) is 5.91 Å². The van der Waals surface area contributed by atoms with Gasteiger partial charge in [-0.3, -0.25) is 9.59 Å². The van der Waals surface area contributed by atoms with E-state index in [0.717, 1.165) is 52.1 Å². The third-order valence-corrected chi connectivity index (χ3v) is 6.43. The number of rotatable bonds is 3. The number of nitrogens with zero attached hydrogens (tertiary/aromatic N) is 1. The van der Waals surface area contributed by atoms with Gasteiger partial charge in [0.15, 0.2) is 11.5 Å². The molecule has 5 rings (SSSR count). The third-order valence-electron chi connectivity index (χ3n) is 6.43. The summed E-state index contributed by atoms with van der Waals surface area (Å²) < 4.78 is 31.1. The average Bonchev–Trinajstić information content (AvgIpc) is 3.37. The van der Waals surface area contributed by atoms with Gasteiger partial charge in [-0.25, -0.2) is 4.39 Å². The molecule has 0 radical (unpaired) electrons. The first-order valence-corrected chi connectivity index (χ1v) is 12.5. The molecule has 4 bridgehead atoms. The minimum absolute atomic E-state index is 0.0789. The van der Waals surface area contributed by atoms with E-state index in [4.69, 9.17) is 14.2 Å². The fourth-order valence-electron chi connectivity index (χ4n) is 4.55. The second-order valence-electron chi connectivity index (χ2n) is 9.28. The molecule has 1 fully saturated rings. The number of nitrogens with one attached hydrogen (secondary N) is 2. The summed E-state index contributed by atoms with van der Waals surface area (Å²) in [7, 11) is 1.48. The van der Waals surface area contributed by atoms with Crippen LogP contribution in [0.4, 0.5) is 4.39 Å². The quantitative estimate of drug-likeness (QED) is 0.672. The lowest BCUT2D eigenvalue weighted by Crippen LogP contribution is -2.35. The summed E-state index contributed by atoms with van der Waals surface area (Å²) in [5.74, 6) is 0.738. The predicted octanol–water partition coefficient (Wildman–Crippen LogP) is 3.50. The molecular weight excluding hydrogens is 465 g/mol. The first kappa shape index (κ1) is 25.9. The molecule has 2 aromatic carbocycles. The number of hydrogen-bond donors (Lipinski definition) is 2. The molecule has 1 atom stereocenters. The van der Waals surface area contributed by atoms with Crippen LogP contribution in [0.1, 0.15) is 41.6 Å². The Balaban J connectivity index is 1.51. The van der Waals surface area contributed by atoms with Gasteiger partial charge in [-0.2, -0.15) is 0 Å². The molecule has 36 heavy (non-hydrogen) atoms. The number of halogens is 1. The van der Waals surface area contributed by atoms with Crippen LogP contribution < -0.4 is 20.1 Å². The molecular formula is C27H34FN3O5. The second-order valence-corrected chi connectivity index (χ2v) is 9.28. The van der Waals surface area contributed by atoms with Gasteiger partial charge >= 0.3 is 0 Å². The van der Waals surface area contributed by atoms with Crippen LogP contribution in [-0.2, 0) is 16.1 Å². The Hall–Kier alpha value is -3.17. The summed E-state index contributed by atoms with van der Waals surface area (Å²) in [6.07, 6.45) is 2.94. The monoisotopic (exact) mass is 499 g/mol. The molecule has 8 nitrogen and oxygen atoms in total. The lowest BCUT2D eigenvalue weighted by molar-refractivity contribution is -0.121. The molecule has 2 N–H and O–H groups in total. The van der Waals surface area contributed by atoms with Crippen molar-refractivity contribution in [2.24, 2.45) is 5.92 Å². The van der Waals surface area contributed by atoms with Crippen molar-refractivity contribution in [1.29, 1.82) is 0 Å². The lowest BCUT2D eigenvalue weighted by Gasteiger charge is -2.25.